The fourth-order valence-electron chi connectivity index (χ4n) is 2.62. The minimum absolute atomic E-state index is 0. The normalized spacial score (nSPS) is 7.84. The van der Waals surface area contributed by atoms with Gasteiger partial charge in [-0.2, -0.15) is 0 Å². The second kappa shape index (κ2) is 34.4. The number of rotatable bonds is 0. The quantitative estimate of drug-likeness (QED) is 0.214. The third-order valence-corrected chi connectivity index (χ3v) is 3.81. The van der Waals surface area contributed by atoms with Gasteiger partial charge in [0.25, 0.3) is 0 Å². The average Bonchev–Trinajstić information content (AvgIpc) is 2.88. The predicted octanol–water partition coefficient (Wildman–Crippen LogP) is 14.4. The zero-order valence-corrected chi connectivity index (χ0v) is 25.4. The standard InChI is InChI=1S/2C11H10.C4H10.C3H8.3C2H6.3CH4/c2*1-9-6-7-10-4-2-3-5-11(10)8-9;1-4(2)3;1-3-2;3*1-2;;;/h2*2-8H,1H3;4H,1-3H3;3H2,1-2H3;3*1-2H3;3*1H4. The molecule has 4 aromatic carbocycles. The molecule has 0 amide bonds. The average molecular weight is 525 g/mol. The Labute approximate surface area is 241 Å². The molecule has 0 nitrogen and oxygen atoms in total. The summed E-state index contributed by atoms with van der Waals surface area (Å²) in [7, 11) is 0. The lowest BCUT2D eigenvalue weighted by molar-refractivity contribution is 0.737. The van der Waals surface area contributed by atoms with Gasteiger partial charge in [0.2, 0.25) is 0 Å². The van der Waals surface area contributed by atoms with Gasteiger partial charge in [0.1, 0.15) is 0 Å². The molecule has 0 bridgehead atoms. The molecule has 0 aromatic heterocycles. The third kappa shape index (κ3) is 25.1. The summed E-state index contributed by atoms with van der Waals surface area (Å²) in [6.45, 7) is 27.0. The Balaban J connectivity index is -0.0000000894. The largest absolute Gasteiger partial charge is 0.0776 e. The number of hydrogen-bond acceptors (Lipinski definition) is 0. The van der Waals surface area contributed by atoms with E-state index < -0.39 is 0 Å². The minimum atomic E-state index is 0. The van der Waals surface area contributed by atoms with Crippen LogP contribution >= 0.6 is 0 Å². The first-order valence-corrected chi connectivity index (χ1v) is 13.8. The SMILES string of the molecule is C.C.C.CC.CC.CC.CC(C)C.CCC.Cc1ccc2ccccc2c1.Cc1ccc2ccccc2c1. The summed E-state index contributed by atoms with van der Waals surface area (Å²) in [5.41, 5.74) is 2.65. The molecule has 0 aliphatic rings. The van der Waals surface area contributed by atoms with Gasteiger partial charge in [-0.05, 0) is 41.3 Å². The monoisotopic (exact) mass is 525 g/mol. The molecule has 0 heteroatoms. The zero-order chi connectivity index (χ0) is 27.6. The maximum atomic E-state index is 2.20. The molecule has 0 spiro atoms. The number of hydrogen-bond donors (Lipinski definition) is 0. The summed E-state index contributed by atoms with van der Waals surface area (Å²) in [5.74, 6) is 0.833. The van der Waals surface area contributed by atoms with Crippen molar-refractivity contribution in [3.05, 3.63) is 96.1 Å². The number of benzene rings is 4. The Morgan fingerprint density at radius 1 is 0.447 bits per heavy atom. The first kappa shape index (κ1) is 48.5. The summed E-state index contributed by atoms with van der Waals surface area (Å²) in [4.78, 5) is 0. The van der Waals surface area contributed by atoms with Gasteiger partial charge in [0.15, 0.2) is 0 Å². The minimum Gasteiger partial charge on any atom is -0.0776 e. The molecule has 4 rings (SSSR count). The van der Waals surface area contributed by atoms with E-state index in [0.717, 1.165) is 5.92 Å². The molecular weight excluding hydrogens is 456 g/mol. The maximum absolute atomic E-state index is 2.20. The van der Waals surface area contributed by atoms with Crippen LogP contribution in [0.5, 0.6) is 0 Å². The molecule has 0 N–H and O–H groups in total. The molecule has 0 atom stereocenters. The van der Waals surface area contributed by atoms with Crippen LogP contribution in [0.25, 0.3) is 21.5 Å². The molecule has 0 saturated carbocycles. The van der Waals surface area contributed by atoms with Crippen molar-refractivity contribution in [2.24, 2.45) is 5.92 Å². The van der Waals surface area contributed by atoms with Crippen LogP contribution in [-0.4, -0.2) is 0 Å². The van der Waals surface area contributed by atoms with E-state index in [0.29, 0.717) is 0 Å². The van der Waals surface area contributed by atoms with E-state index in [-0.39, 0.29) is 22.3 Å². The summed E-state index contributed by atoms with van der Waals surface area (Å²) in [5, 5.41) is 5.29. The van der Waals surface area contributed by atoms with E-state index >= 15 is 0 Å². The van der Waals surface area contributed by atoms with E-state index in [2.05, 4.69) is 133 Å². The Hall–Kier alpha value is -2.60. The Bertz CT molecular complexity index is 883. The van der Waals surface area contributed by atoms with Gasteiger partial charge in [0, 0.05) is 0 Å². The smallest absolute Gasteiger partial charge is 0.0181 e. The molecule has 4 aromatic rings. The molecule has 220 valence electrons. The second-order valence-corrected chi connectivity index (χ2v) is 8.14. The fraction of sp³-hybridized carbons (Fsp3) is 0.474. The zero-order valence-electron chi connectivity index (χ0n) is 25.4. The van der Waals surface area contributed by atoms with E-state index in [1.54, 1.807) is 0 Å². The topological polar surface area (TPSA) is 0 Å². The van der Waals surface area contributed by atoms with Gasteiger partial charge in [0.05, 0.1) is 0 Å². The predicted molar refractivity (Wildman–Crippen MR) is 188 cm³/mol. The van der Waals surface area contributed by atoms with Gasteiger partial charge < -0.3 is 0 Å². The molecule has 0 radical (unpaired) electrons. The molecule has 0 saturated heterocycles. The van der Waals surface area contributed by atoms with E-state index in [1.165, 1.54) is 39.1 Å². The third-order valence-electron chi connectivity index (χ3n) is 3.81. The lowest BCUT2D eigenvalue weighted by Gasteiger charge is -1.96. The molecule has 38 heavy (non-hydrogen) atoms. The van der Waals surface area contributed by atoms with Crippen LogP contribution < -0.4 is 0 Å². The molecule has 0 aliphatic carbocycles. The Morgan fingerprint density at radius 3 is 0.895 bits per heavy atom. The van der Waals surface area contributed by atoms with Crippen LogP contribution in [-0.2, 0) is 0 Å². The first-order chi connectivity index (χ1) is 16.9. The van der Waals surface area contributed by atoms with Gasteiger partial charge in [-0.15, -0.1) is 0 Å². The lowest BCUT2D eigenvalue weighted by atomic mass is 10.1. The van der Waals surface area contributed by atoms with Gasteiger partial charge in [-0.1, -0.05) is 201 Å². The van der Waals surface area contributed by atoms with Crippen LogP contribution in [0, 0.1) is 19.8 Å². The highest BCUT2D eigenvalue weighted by molar-refractivity contribution is 5.83. The van der Waals surface area contributed by atoms with Gasteiger partial charge in [-0.3, -0.25) is 0 Å². The van der Waals surface area contributed by atoms with Crippen LogP contribution in [0.4, 0.5) is 0 Å². The second-order valence-electron chi connectivity index (χ2n) is 8.14. The van der Waals surface area contributed by atoms with Crippen molar-refractivity contribution in [2.75, 3.05) is 0 Å². The molecule has 0 heterocycles. The maximum Gasteiger partial charge on any atom is -0.0181 e. The molecule has 0 fully saturated rings. The van der Waals surface area contributed by atoms with Crippen molar-refractivity contribution < 1.29 is 0 Å². The van der Waals surface area contributed by atoms with E-state index in [1.807, 2.05) is 41.5 Å². The van der Waals surface area contributed by atoms with E-state index in [9.17, 15) is 0 Å². The van der Waals surface area contributed by atoms with Crippen LogP contribution in [0.3, 0.4) is 0 Å². The van der Waals surface area contributed by atoms with Crippen LogP contribution in [0.2, 0.25) is 0 Å². The summed E-state index contributed by atoms with van der Waals surface area (Å²) < 4.78 is 0. The van der Waals surface area contributed by atoms with Crippen molar-refractivity contribution in [1.82, 2.24) is 0 Å². The van der Waals surface area contributed by atoms with Crippen molar-refractivity contribution in [1.29, 1.82) is 0 Å². The first-order valence-electron chi connectivity index (χ1n) is 13.8. The molecule has 0 aliphatic heterocycles. The molecule has 0 unspecified atom stereocenters. The van der Waals surface area contributed by atoms with Crippen molar-refractivity contribution in [3.63, 3.8) is 0 Å². The van der Waals surface area contributed by atoms with Crippen molar-refractivity contribution >= 4 is 21.5 Å². The molecular formula is C38H68. The highest BCUT2D eigenvalue weighted by Gasteiger charge is 1.90. The highest BCUT2D eigenvalue weighted by Crippen LogP contribution is 2.15. The Morgan fingerprint density at radius 2 is 0.658 bits per heavy atom. The van der Waals surface area contributed by atoms with Gasteiger partial charge in [-0.25, -0.2) is 0 Å². The fourth-order valence-corrected chi connectivity index (χ4v) is 2.62. The van der Waals surface area contributed by atoms with Crippen LogP contribution in [0.15, 0.2) is 84.9 Å². The van der Waals surface area contributed by atoms with Crippen molar-refractivity contribution in [3.8, 4) is 0 Å². The summed E-state index contributed by atoms with van der Waals surface area (Å²) >= 11 is 0. The Kier molecular flexibility index (Phi) is 43.9. The number of fused-ring (bicyclic) bond motifs is 2. The lowest BCUT2D eigenvalue weighted by Crippen LogP contribution is -1.73. The summed E-state index contributed by atoms with van der Waals surface area (Å²) in [6, 6.07) is 29.8. The van der Waals surface area contributed by atoms with Gasteiger partial charge >= 0.3 is 0 Å². The number of aryl methyl sites for hydroxylation is 2. The summed E-state index contributed by atoms with van der Waals surface area (Å²) in [6.07, 6.45) is 1.25. The highest BCUT2D eigenvalue weighted by atomic mass is 14.0. The van der Waals surface area contributed by atoms with Crippen LogP contribution in [0.1, 0.15) is 116 Å². The van der Waals surface area contributed by atoms with E-state index in [4.69, 9.17) is 0 Å². The van der Waals surface area contributed by atoms with Crippen molar-refractivity contribution in [2.45, 2.75) is 119 Å².